The highest BCUT2D eigenvalue weighted by molar-refractivity contribution is 5.70. The number of esters is 4. The smallest absolute Gasteiger partial charge is 0.306 e. The lowest BCUT2D eigenvalue weighted by atomic mass is 9.69. The predicted molar refractivity (Wildman–Crippen MR) is 504 cm³/mol. The molecule has 0 heterocycles. The van der Waals surface area contributed by atoms with Crippen LogP contribution in [0.2, 0.25) is 0 Å². The first kappa shape index (κ1) is 115. The lowest BCUT2D eigenvalue weighted by Crippen LogP contribution is -2.29. The number of carbonyl (C=O) groups is 4. The summed E-state index contributed by atoms with van der Waals surface area (Å²) in [4.78, 5) is 58.1. The van der Waals surface area contributed by atoms with Gasteiger partial charge in [0.1, 0.15) is 0 Å². The summed E-state index contributed by atoms with van der Waals surface area (Å²) >= 11 is 0. The zero-order valence-electron chi connectivity index (χ0n) is 80.9. The summed E-state index contributed by atoms with van der Waals surface area (Å²) in [6, 6.07) is 0. The minimum Gasteiger partial charge on any atom is -0.466 e. The molecule has 0 saturated heterocycles. The van der Waals surface area contributed by atoms with Crippen molar-refractivity contribution < 1.29 is 47.6 Å². The minimum atomic E-state index is -0.00439. The van der Waals surface area contributed by atoms with Gasteiger partial charge in [-0.25, -0.2) is 0 Å². The first-order valence-corrected chi connectivity index (χ1v) is 52.6. The Morgan fingerprint density at radius 2 is 0.513 bits per heavy atom. The summed E-state index contributed by atoms with van der Waals surface area (Å²) in [7, 11) is 2.21. The second kappa shape index (κ2) is 90.0. The molecule has 0 aromatic heterocycles. The van der Waals surface area contributed by atoms with Crippen LogP contribution in [0.15, 0.2) is 0 Å². The fraction of sp³-hybridized carbons (Fsp3) is 0.962. The molecule has 0 saturated carbocycles. The zero-order valence-corrected chi connectivity index (χ0v) is 80.9. The van der Waals surface area contributed by atoms with Crippen LogP contribution in [-0.2, 0) is 47.6 Å². The average Bonchev–Trinajstić information content (AvgIpc) is 0.851. The van der Waals surface area contributed by atoms with E-state index >= 15 is 0 Å². The molecule has 0 bridgehead atoms. The Hall–Kier alpha value is -2.28. The highest BCUT2D eigenvalue weighted by atomic mass is 16.5. The molecule has 117 heavy (non-hydrogen) atoms. The Labute approximate surface area is 730 Å². The average molecular weight is 1660 g/mol. The maximum atomic E-state index is 14.0. The number of hydrogen-bond acceptors (Lipinski definition) is 12. The summed E-state index contributed by atoms with van der Waals surface area (Å²) in [5.74, 6) is 2.63. The van der Waals surface area contributed by atoms with Gasteiger partial charge in [-0.15, -0.1) is 0 Å². The van der Waals surface area contributed by atoms with Crippen molar-refractivity contribution in [1.29, 1.82) is 0 Å². The van der Waals surface area contributed by atoms with Crippen molar-refractivity contribution in [2.45, 2.75) is 538 Å². The van der Waals surface area contributed by atoms with Gasteiger partial charge in [0.05, 0.1) is 38.6 Å². The third-order valence-corrected chi connectivity index (χ3v) is 26.1. The zero-order chi connectivity index (χ0) is 85.6. The monoisotopic (exact) mass is 1660 g/mol. The molecule has 0 rings (SSSR count). The standard InChI is InChI=1S/C105H206N2O10/c1-13-24-51-70-94(71-52-25-14-2)90-102(108)114-85-63-47-39-31-35-43-57-76-99(112-83-67-61-81-106(12)21-9)77-58-44-37-33-41-49-65-87-116-104(110)92-96(74-55-28-17-5)89-97(69-20-8)101(80-30-19-7)98(75-56-29-18-6)93-105(111)117-88-66-50-42-34-38-46-60-79-100(113-84-68-62-82-107(22-10)23-11)78-59-45-36-32-40-48-64-86-115-103(109)91-95(72-53-26-15-3)73-54-27-16-4/h94-101H,13-93H2,1-12H3. The molecule has 0 amide bonds. The van der Waals surface area contributed by atoms with Crippen LogP contribution < -0.4 is 0 Å². The summed E-state index contributed by atoms with van der Waals surface area (Å²) < 4.78 is 36.9. The third kappa shape index (κ3) is 75.9. The van der Waals surface area contributed by atoms with Crippen LogP contribution in [0.4, 0.5) is 0 Å². The van der Waals surface area contributed by atoms with Crippen LogP contribution in [0.25, 0.3) is 0 Å². The van der Waals surface area contributed by atoms with E-state index in [-0.39, 0.29) is 23.9 Å². The van der Waals surface area contributed by atoms with E-state index in [4.69, 9.17) is 28.4 Å². The number of hydrogen-bond donors (Lipinski definition) is 0. The van der Waals surface area contributed by atoms with Crippen LogP contribution in [-0.4, -0.2) is 125 Å². The molecule has 6 unspecified atom stereocenters. The van der Waals surface area contributed by atoms with Gasteiger partial charge in [0.2, 0.25) is 0 Å². The molecule has 12 nitrogen and oxygen atoms in total. The van der Waals surface area contributed by atoms with E-state index in [1.807, 2.05) is 0 Å². The van der Waals surface area contributed by atoms with Crippen LogP contribution >= 0.6 is 0 Å². The number of unbranched alkanes of at least 4 members (excludes halogenated alkanes) is 39. The van der Waals surface area contributed by atoms with Crippen molar-refractivity contribution in [3.05, 3.63) is 0 Å². The maximum absolute atomic E-state index is 14.0. The fourth-order valence-corrected chi connectivity index (χ4v) is 18.2. The van der Waals surface area contributed by atoms with Gasteiger partial charge in [-0.3, -0.25) is 19.2 Å². The van der Waals surface area contributed by atoms with Crippen molar-refractivity contribution in [1.82, 2.24) is 9.80 Å². The van der Waals surface area contributed by atoms with Crippen molar-refractivity contribution in [2.75, 3.05) is 79.4 Å². The number of nitrogens with zero attached hydrogens (tertiary/aromatic N) is 2. The predicted octanol–water partition coefficient (Wildman–Crippen LogP) is 31.4. The minimum absolute atomic E-state index is 0.00439. The van der Waals surface area contributed by atoms with Gasteiger partial charge < -0.3 is 38.2 Å². The molecule has 0 fully saturated rings. The van der Waals surface area contributed by atoms with E-state index in [2.05, 4.69) is 93.0 Å². The Morgan fingerprint density at radius 3 is 0.838 bits per heavy atom. The molecule has 696 valence electrons. The van der Waals surface area contributed by atoms with E-state index < -0.39 is 0 Å². The van der Waals surface area contributed by atoms with Crippen molar-refractivity contribution >= 4 is 23.9 Å². The quantitative estimate of drug-likeness (QED) is 0.0326. The lowest BCUT2D eigenvalue weighted by Gasteiger charge is -2.36. The molecule has 0 N–H and O–H groups in total. The number of carbonyl (C=O) groups excluding carboxylic acids is 4. The number of ether oxygens (including phenoxy) is 6. The van der Waals surface area contributed by atoms with Gasteiger partial charge in [-0.1, -0.05) is 372 Å². The van der Waals surface area contributed by atoms with E-state index in [1.165, 1.54) is 308 Å². The van der Waals surface area contributed by atoms with E-state index in [9.17, 15) is 19.2 Å². The molecule has 6 atom stereocenters. The highest BCUT2D eigenvalue weighted by Crippen LogP contribution is 2.41. The van der Waals surface area contributed by atoms with E-state index in [0.29, 0.717) is 99.8 Å². The Kier molecular flexibility index (Phi) is 88.2. The Bertz CT molecular complexity index is 2040. The van der Waals surface area contributed by atoms with Gasteiger partial charge in [0.15, 0.2) is 0 Å². The second-order valence-corrected chi connectivity index (χ2v) is 37.0. The molecular weight excluding hydrogens is 1450 g/mol. The molecule has 0 radical (unpaired) electrons. The highest BCUT2D eigenvalue weighted by Gasteiger charge is 2.33. The third-order valence-electron chi connectivity index (χ3n) is 26.1. The van der Waals surface area contributed by atoms with Crippen LogP contribution in [0.1, 0.15) is 526 Å². The van der Waals surface area contributed by atoms with Crippen molar-refractivity contribution in [3.8, 4) is 0 Å². The maximum Gasteiger partial charge on any atom is 0.306 e. The van der Waals surface area contributed by atoms with Gasteiger partial charge in [0.25, 0.3) is 0 Å². The van der Waals surface area contributed by atoms with Gasteiger partial charge in [-0.05, 0) is 204 Å². The van der Waals surface area contributed by atoms with Crippen LogP contribution in [0, 0.1) is 35.5 Å². The van der Waals surface area contributed by atoms with E-state index in [1.54, 1.807) is 0 Å². The topological polar surface area (TPSA) is 130 Å². The van der Waals surface area contributed by atoms with Crippen LogP contribution in [0.3, 0.4) is 0 Å². The summed E-state index contributed by atoms with van der Waals surface area (Å²) in [6.45, 7) is 34.6. The molecule has 0 aromatic rings. The van der Waals surface area contributed by atoms with Gasteiger partial charge in [0, 0.05) is 38.9 Å². The molecule has 0 aliphatic carbocycles. The molecule has 0 aliphatic heterocycles. The molecule has 12 heteroatoms. The molecule has 0 aliphatic rings. The van der Waals surface area contributed by atoms with Gasteiger partial charge >= 0.3 is 23.9 Å². The number of rotatable bonds is 96. The van der Waals surface area contributed by atoms with Gasteiger partial charge in [-0.2, -0.15) is 0 Å². The van der Waals surface area contributed by atoms with Crippen LogP contribution in [0.5, 0.6) is 0 Å². The van der Waals surface area contributed by atoms with Crippen molar-refractivity contribution in [2.24, 2.45) is 35.5 Å². The molecule has 0 spiro atoms. The normalized spacial score (nSPS) is 13.5. The summed E-state index contributed by atoms with van der Waals surface area (Å²) in [6.07, 6.45) is 81.3. The summed E-state index contributed by atoms with van der Waals surface area (Å²) in [5, 5.41) is 0. The fourth-order valence-electron chi connectivity index (χ4n) is 18.2. The first-order valence-electron chi connectivity index (χ1n) is 52.6. The Morgan fingerprint density at radius 1 is 0.231 bits per heavy atom. The van der Waals surface area contributed by atoms with Crippen molar-refractivity contribution in [3.63, 3.8) is 0 Å². The van der Waals surface area contributed by atoms with E-state index in [0.717, 1.165) is 161 Å². The lowest BCUT2D eigenvalue weighted by molar-refractivity contribution is -0.146. The molecular formula is C105H206N2O10. The summed E-state index contributed by atoms with van der Waals surface area (Å²) in [5.41, 5.74) is 0. The first-order chi connectivity index (χ1) is 57.3. The second-order valence-electron chi connectivity index (χ2n) is 37.0. The SMILES string of the molecule is CCCCCC(CCCCC)CC(=O)OCCCCCCCCCC(CCCCCCCCCOC(=O)CC(CCCCC)CC(CCC)C(CCCC)C(CCCCC)CC(=O)OCCCCCCCCCC(CCCCCCCCCOC(=O)CC(CCCCC)CCCCC)OCCCCN(CC)CC)OCCCCN(C)CC. The Balaban J connectivity index is 5.16. The largest absolute Gasteiger partial charge is 0.466 e. The molecule has 0 aromatic carbocycles.